The van der Waals surface area contributed by atoms with Crippen LogP contribution in [0.15, 0.2) is 42.5 Å². The molecule has 100 valence electrons. The molecular weight excluding hydrogens is 237 g/mol. The van der Waals surface area contributed by atoms with Crippen molar-refractivity contribution in [3.63, 3.8) is 0 Å². The number of rotatable bonds is 5. The Morgan fingerprint density at radius 2 is 1.68 bits per heavy atom. The number of nitrogens with one attached hydrogen (secondary N) is 1. The molecule has 0 spiro atoms. The van der Waals surface area contributed by atoms with Crippen molar-refractivity contribution in [2.45, 2.75) is 26.8 Å². The van der Waals surface area contributed by atoms with E-state index < -0.39 is 0 Å². The first kappa shape index (κ1) is 13.8. The van der Waals surface area contributed by atoms with E-state index >= 15 is 0 Å². The van der Waals surface area contributed by atoms with E-state index in [0.29, 0.717) is 0 Å². The summed E-state index contributed by atoms with van der Waals surface area (Å²) in [5.41, 5.74) is 4.85. The van der Waals surface area contributed by atoms with Crippen LogP contribution in [0.25, 0.3) is 0 Å². The molecule has 0 saturated heterocycles. The molecule has 1 nitrogen and oxygen atoms in total. The zero-order valence-corrected chi connectivity index (χ0v) is 11.5. The number of benzene rings is 2. The topological polar surface area (TPSA) is 12.0 Å². The predicted molar refractivity (Wildman–Crippen MR) is 77.7 cm³/mol. The van der Waals surface area contributed by atoms with Gasteiger partial charge in [0.25, 0.3) is 0 Å². The molecule has 0 aliphatic rings. The Morgan fingerprint density at radius 1 is 0.947 bits per heavy atom. The van der Waals surface area contributed by atoms with E-state index in [1.54, 1.807) is 6.07 Å². The van der Waals surface area contributed by atoms with E-state index in [1.165, 1.54) is 17.2 Å². The van der Waals surface area contributed by atoms with Gasteiger partial charge in [-0.25, -0.2) is 4.39 Å². The first-order valence-corrected chi connectivity index (χ1v) is 6.67. The third-order valence-corrected chi connectivity index (χ3v) is 3.46. The Balaban J connectivity index is 1.84. The van der Waals surface area contributed by atoms with Gasteiger partial charge in [-0.1, -0.05) is 30.3 Å². The highest BCUT2D eigenvalue weighted by Gasteiger charge is 2.01. The lowest BCUT2D eigenvalue weighted by atomic mass is 10.1. The minimum absolute atomic E-state index is 0.165. The molecule has 2 aromatic carbocycles. The standard InChI is InChI=1S/C17H20FN/c1-13-5-3-4-6-15(13)9-10-19-12-16-11-17(18)8-7-14(16)2/h3-8,11,19H,9-10,12H2,1-2H3. The van der Waals surface area contributed by atoms with Gasteiger partial charge in [0.2, 0.25) is 0 Å². The molecule has 0 bridgehead atoms. The van der Waals surface area contributed by atoms with Crippen LogP contribution in [-0.2, 0) is 13.0 Å². The van der Waals surface area contributed by atoms with Crippen LogP contribution in [0.2, 0.25) is 0 Å². The molecule has 0 unspecified atom stereocenters. The summed E-state index contributed by atoms with van der Waals surface area (Å²) in [6, 6.07) is 13.4. The number of aryl methyl sites for hydroxylation is 2. The minimum atomic E-state index is -0.165. The van der Waals surface area contributed by atoms with Gasteiger partial charge in [-0.05, 0) is 61.2 Å². The number of hydrogen-bond donors (Lipinski definition) is 1. The van der Waals surface area contributed by atoms with Crippen LogP contribution in [0, 0.1) is 19.7 Å². The summed E-state index contributed by atoms with van der Waals surface area (Å²) in [5, 5.41) is 3.38. The zero-order valence-electron chi connectivity index (χ0n) is 11.5. The second kappa shape index (κ2) is 6.48. The quantitative estimate of drug-likeness (QED) is 0.804. The molecular formula is C17H20FN. The lowest BCUT2D eigenvalue weighted by Gasteiger charge is -2.09. The van der Waals surface area contributed by atoms with Gasteiger partial charge in [0.15, 0.2) is 0 Å². The van der Waals surface area contributed by atoms with Gasteiger partial charge in [0, 0.05) is 6.54 Å². The maximum Gasteiger partial charge on any atom is 0.123 e. The van der Waals surface area contributed by atoms with Crippen LogP contribution >= 0.6 is 0 Å². The molecule has 0 heterocycles. The fraction of sp³-hybridized carbons (Fsp3) is 0.294. The third kappa shape index (κ3) is 3.90. The molecule has 0 radical (unpaired) electrons. The van der Waals surface area contributed by atoms with Crippen molar-refractivity contribution >= 4 is 0 Å². The van der Waals surface area contributed by atoms with E-state index in [-0.39, 0.29) is 5.82 Å². The van der Waals surface area contributed by atoms with Crippen molar-refractivity contribution in [1.82, 2.24) is 5.32 Å². The van der Waals surface area contributed by atoms with E-state index in [9.17, 15) is 4.39 Å². The average molecular weight is 257 g/mol. The molecule has 2 heteroatoms. The molecule has 0 atom stereocenters. The van der Waals surface area contributed by atoms with Crippen molar-refractivity contribution < 1.29 is 4.39 Å². The Hall–Kier alpha value is -1.67. The van der Waals surface area contributed by atoms with E-state index in [2.05, 4.69) is 36.5 Å². The van der Waals surface area contributed by atoms with Gasteiger partial charge < -0.3 is 5.32 Å². The van der Waals surface area contributed by atoms with Crippen molar-refractivity contribution in [1.29, 1.82) is 0 Å². The maximum absolute atomic E-state index is 13.1. The number of hydrogen-bond acceptors (Lipinski definition) is 1. The van der Waals surface area contributed by atoms with Crippen molar-refractivity contribution in [3.05, 3.63) is 70.5 Å². The largest absolute Gasteiger partial charge is 0.312 e. The van der Waals surface area contributed by atoms with Crippen LogP contribution in [0.5, 0.6) is 0 Å². The highest BCUT2D eigenvalue weighted by atomic mass is 19.1. The van der Waals surface area contributed by atoms with Crippen LogP contribution in [-0.4, -0.2) is 6.54 Å². The lowest BCUT2D eigenvalue weighted by Crippen LogP contribution is -2.17. The molecule has 0 aromatic heterocycles. The summed E-state index contributed by atoms with van der Waals surface area (Å²) < 4.78 is 13.1. The molecule has 0 aliphatic carbocycles. The summed E-state index contributed by atoms with van der Waals surface area (Å²) in [5.74, 6) is -0.165. The van der Waals surface area contributed by atoms with Crippen molar-refractivity contribution in [2.75, 3.05) is 6.54 Å². The maximum atomic E-state index is 13.1. The predicted octanol–water partition coefficient (Wildman–Crippen LogP) is 3.77. The molecule has 0 fully saturated rings. The fourth-order valence-electron chi connectivity index (χ4n) is 2.17. The van der Waals surface area contributed by atoms with E-state index in [1.807, 2.05) is 13.0 Å². The SMILES string of the molecule is Cc1ccccc1CCNCc1cc(F)ccc1C. The van der Waals surface area contributed by atoms with Crippen LogP contribution < -0.4 is 5.32 Å². The fourth-order valence-corrected chi connectivity index (χ4v) is 2.17. The summed E-state index contributed by atoms with van der Waals surface area (Å²) >= 11 is 0. The van der Waals surface area contributed by atoms with Crippen LogP contribution in [0.1, 0.15) is 22.3 Å². The van der Waals surface area contributed by atoms with Gasteiger partial charge >= 0.3 is 0 Å². The van der Waals surface area contributed by atoms with Crippen molar-refractivity contribution in [3.8, 4) is 0 Å². The summed E-state index contributed by atoms with van der Waals surface area (Å²) in [4.78, 5) is 0. The molecule has 0 saturated carbocycles. The second-order valence-corrected chi connectivity index (χ2v) is 4.92. The second-order valence-electron chi connectivity index (χ2n) is 4.92. The lowest BCUT2D eigenvalue weighted by molar-refractivity contribution is 0.619. The Labute approximate surface area is 114 Å². The van der Waals surface area contributed by atoms with Crippen molar-refractivity contribution in [2.24, 2.45) is 0 Å². The third-order valence-electron chi connectivity index (χ3n) is 3.46. The Bertz CT molecular complexity index is 549. The van der Waals surface area contributed by atoms with E-state index in [4.69, 9.17) is 0 Å². The molecule has 0 amide bonds. The summed E-state index contributed by atoms with van der Waals surface area (Å²) in [7, 11) is 0. The van der Waals surface area contributed by atoms with Gasteiger partial charge in [-0.2, -0.15) is 0 Å². The summed E-state index contributed by atoms with van der Waals surface area (Å²) in [6.07, 6.45) is 1.00. The molecule has 2 rings (SSSR count). The normalized spacial score (nSPS) is 10.7. The zero-order chi connectivity index (χ0) is 13.7. The van der Waals surface area contributed by atoms with Crippen LogP contribution in [0.3, 0.4) is 0 Å². The van der Waals surface area contributed by atoms with Crippen LogP contribution in [0.4, 0.5) is 4.39 Å². The first-order chi connectivity index (χ1) is 9.16. The minimum Gasteiger partial charge on any atom is -0.312 e. The highest BCUT2D eigenvalue weighted by Crippen LogP contribution is 2.10. The van der Waals surface area contributed by atoms with E-state index in [0.717, 1.165) is 30.6 Å². The average Bonchev–Trinajstić information content (AvgIpc) is 2.40. The van der Waals surface area contributed by atoms with Gasteiger partial charge in [0.1, 0.15) is 5.82 Å². The van der Waals surface area contributed by atoms with Gasteiger partial charge in [0.05, 0.1) is 0 Å². The first-order valence-electron chi connectivity index (χ1n) is 6.67. The molecule has 1 N–H and O–H groups in total. The molecule has 19 heavy (non-hydrogen) atoms. The molecule has 0 aliphatic heterocycles. The Morgan fingerprint density at radius 3 is 2.47 bits per heavy atom. The van der Waals surface area contributed by atoms with Gasteiger partial charge in [-0.15, -0.1) is 0 Å². The smallest absolute Gasteiger partial charge is 0.123 e. The Kier molecular flexibility index (Phi) is 4.69. The highest BCUT2D eigenvalue weighted by molar-refractivity contribution is 5.27. The number of halogens is 1. The molecule has 2 aromatic rings. The monoisotopic (exact) mass is 257 g/mol. The summed E-state index contributed by atoms with van der Waals surface area (Å²) in [6.45, 7) is 5.76. The van der Waals surface area contributed by atoms with Gasteiger partial charge in [-0.3, -0.25) is 0 Å².